The summed E-state index contributed by atoms with van der Waals surface area (Å²) < 4.78 is 0. The highest BCUT2D eigenvalue weighted by Crippen LogP contribution is 2.24. The molecule has 82 valence electrons. The van der Waals surface area contributed by atoms with Gasteiger partial charge in [-0.2, -0.15) is 0 Å². The first-order valence-corrected chi connectivity index (χ1v) is 5.12. The number of rotatable bonds is 2. The number of benzene rings is 1. The van der Waals surface area contributed by atoms with Gasteiger partial charge in [0.15, 0.2) is 0 Å². The molecule has 1 rings (SSSR count). The molecule has 0 aliphatic rings. The number of hydrogen-bond donors (Lipinski definition) is 1. The quantitative estimate of drug-likeness (QED) is 0.807. The highest BCUT2D eigenvalue weighted by atomic mass is 16.4. The minimum atomic E-state index is -0.774. The maximum atomic E-state index is 10.7. The Morgan fingerprint density at radius 1 is 1.33 bits per heavy atom. The van der Waals surface area contributed by atoms with E-state index in [1.54, 1.807) is 0 Å². The van der Waals surface area contributed by atoms with Gasteiger partial charge in [0.2, 0.25) is 0 Å². The normalized spacial score (nSPS) is 11.5. The minimum absolute atomic E-state index is 0.0704. The summed E-state index contributed by atoms with van der Waals surface area (Å²) in [6.07, 6.45) is 0.107. The van der Waals surface area contributed by atoms with Crippen molar-refractivity contribution in [1.29, 1.82) is 0 Å². The molecule has 2 nitrogen and oxygen atoms in total. The molecule has 0 bridgehead atoms. The van der Waals surface area contributed by atoms with E-state index in [1.165, 1.54) is 5.56 Å². The second-order valence-electron chi connectivity index (χ2n) is 4.96. The number of carboxylic acid groups (broad SMARTS) is 1. The Morgan fingerprint density at radius 2 is 1.93 bits per heavy atom. The Hall–Kier alpha value is -1.31. The van der Waals surface area contributed by atoms with Crippen LogP contribution in [0.5, 0.6) is 0 Å². The molecule has 2 heteroatoms. The lowest BCUT2D eigenvalue weighted by molar-refractivity contribution is -0.136. The average molecular weight is 206 g/mol. The van der Waals surface area contributed by atoms with Gasteiger partial charge in [0.25, 0.3) is 0 Å². The van der Waals surface area contributed by atoms with Crippen LogP contribution >= 0.6 is 0 Å². The van der Waals surface area contributed by atoms with Crippen LogP contribution in [-0.2, 0) is 16.6 Å². The van der Waals surface area contributed by atoms with Crippen LogP contribution in [0.1, 0.15) is 37.5 Å². The third kappa shape index (κ3) is 3.08. The molecule has 0 atom stereocenters. The lowest BCUT2D eigenvalue weighted by Gasteiger charge is -2.20. The predicted octanol–water partition coefficient (Wildman–Crippen LogP) is 2.92. The number of hydrogen-bond acceptors (Lipinski definition) is 1. The third-order valence-electron chi connectivity index (χ3n) is 2.56. The Balaban J connectivity index is 3.11. The summed E-state index contributed by atoms with van der Waals surface area (Å²) in [5.74, 6) is -0.774. The number of aryl methyl sites for hydroxylation is 1. The molecule has 1 aromatic carbocycles. The van der Waals surface area contributed by atoms with Crippen LogP contribution < -0.4 is 0 Å². The molecule has 0 unspecified atom stereocenters. The van der Waals surface area contributed by atoms with Gasteiger partial charge in [-0.05, 0) is 29.0 Å². The van der Waals surface area contributed by atoms with Crippen LogP contribution in [0.3, 0.4) is 0 Å². The zero-order valence-electron chi connectivity index (χ0n) is 9.79. The second kappa shape index (κ2) is 4.05. The smallest absolute Gasteiger partial charge is 0.307 e. The van der Waals surface area contributed by atoms with E-state index in [1.807, 2.05) is 19.1 Å². The molecule has 0 aliphatic carbocycles. The van der Waals surface area contributed by atoms with Gasteiger partial charge < -0.3 is 5.11 Å². The summed E-state index contributed by atoms with van der Waals surface area (Å²) in [4.78, 5) is 10.7. The largest absolute Gasteiger partial charge is 0.481 e. The van der Waals surface area contributed by atoms with Crippen molar-refractivity contribution < 1.29 is 9.90 Å². The van der Waals surface area contributed by atoms with Crippen molar-refractivity contribution >= 4 is 5.97 Å². The van der Waals surface area contributed by atoms with Crippen molar-refractivity contribution in [2.24, 2.45) is 0 Å². The van der Waals surface area contributed by atoms with Gasteiger partial charge in [-0.1, -0.05) is 39.0 Å². The van der Waals surface area contributed by atoms with Crippen molar-refractivity contribution in [3.63, 3.8) is 0 Å². The number of carbonyl (C=O) groups is 1. The SMILES string of the molecule is Cc1ccc(C(C)(C)C)cc1CC(=O)O. The van der Waals surface area contributed by atoms with Gasteiger partial charge in [-0.15, -0.1) is 0 Å². The number of carboxylic acids is 1. The highest BCUT2D eigenvalue weighted by Gasteiger charge is 2.15. The minimum Gasteiger partial charge on any atom is -0.481 e. The molecule has 0 aliphatic heterocycles. The van der Waals surface area contributed by atoms with Crippen LogP contribution in [0.4, 0.5) is 0 Å². The van der Waals surface area contributed by atoms with Crippen LogP contribution in [0, 0.1) is 6.92 Å². The highest BCUT2D eigenvalue weighted by molar-refractivity contribution is 5.70. The fraction of sp³-hybridized carbons (Fsp3) is 0.462. The first kappa shape index (κ1) is 11.8. The Bertz CT molecular complexity index is 373. The lowest BCUT2D eigenvalue weighted by atomic mass is 9.85. The van der Waals surface area contributed by atoms with Crippen molar-refractivity contribution in [3.05, 3.63) is 34.9 Å². The fourth-order valence-electron chi connectivity index (χ4n) is 1.49. The van der Waals surface area contributed by atoms with Crippen LogP contribution in [0.15, 0.2) is 18.2 Å². The average Bonchev–Trinajstić information content (AvgIpc) is 2.06. The molecule has 0 saturated carbocycles. The van der Waals surface area contributed by atoms with Crippen LogP contribution in [0.2, 0.25) is 0 Å². The summed E-state index contributed by atoms with van der Waals surface area (Å²) in [5.41, 5.74) is 3.21. The van der Waals surface area contributed by atoms with Gasteiger partial charge in [0.05, 0.1) is 6.42 Å². The molecule has 15 heavy (non-hydrogen) atoms. The Morgan fingerprint density at radius 3 is 2.40 bits per heavy atom. The van der Waals surface area contributed by atoms with Gasteiger partial charge in [-0.3, -0.25) is 4.79 Å². The van der Waals surface area contributed by atoms with E-state index in [2.05, 4.69) is 26.8 Å². The molecule has 0 amide bonds. The summed E-state index contributed by atoms with van der Waals surface area (Å²) >= 11 is 0. The molecule has 0 spiro atoms. The van der Waals surface area contributed by atoms with E-state index in [9.17, 15) is 4.79 Å². The van der Waals surface area contributed by atoms with E-state index < -0.39 is 5.97 Å². The van der Waals surface area contributed by atoms with Crippen molar-refractivity contribution in [2.75, 3.05) is 0 Å². The van der Waals surface area contributed by atoms with E-state index in [0.29, 0.717) is 0 Å². The van der Waals surface area contributed by atoms with Gasteiger partial charge >= 0.3 is 5.97 Å². The zero-order chi connectivity index (χ0) is 11.6. The molecule has 0 saturated heterocycles. The van der Waals surface area contributed by atoms with E-state index in [0.717, 1.165) is 11.1 Å². The fourth-order valence-corrected chi connectivity index (χ4v) is 1.49. The first-order chi connectivity index (χ1) is 6.80. The monoisotopic (exact) mass is 206 g/mol. The molecular weight excluding hydrogens is 188 g/mol. The van der Waals surface area contributed by atoms with Crippen LogP contribution in [-0.4, -0.2) is 11.1 Å². The maximum absolute atomic E-state index is 10.7. The maximum Gasteiger partial charge on any atom is 0.307 e. The molecule has 1 N–H and O–H groups in total. The van der Waals surface area contributed by atoms with E-state index in [4.69, 9.17) is 5.11 Å². The molecule has 1 aromatic rings. The Labute approximate surface area is 90.9 Å². The van der Waals surface area contributed by atoms with Gasteiger partial charge in [0.1, 0.15) is 0 Å². The zero-order valence-corrected chi connectivity index (χ0v) is 9.79. The Kier molecular flexibility index (Phi) is 3.18. The molecule has 0 radical (unpaired) electrons. The summed E-state index contributed by atoms with van der Waals surface area (Å²) in [6.45, 7) is 8.33. The third-order valence-corrected chi connectivity index (χ3v) is 2.56. The predicted molar refractivity (Wildman–Crippen MR) is 61.2 cm³/mol. The molecular formula is C13H18O2. The summed E-state index contributed by atoms with van der Waals surface area (Å²) in [5, 5.41) is 8.79. The number of aliphatic carboxylic acids is 1. The molecule has 0 heterocycles. The summed E-state index contributed by atoms with van der Waals surface area (Å²) in [7, 11) is 0. The second-order valence-corrected chi connectivity index (χ2v) is 4.96. The standard InChI is InChI=1S/C13H18O2/c1-9-5-6-11(13(2,3)4)7-10(9)8-12(14)15/h5-7H,8H2,1-4H3,(H,14,15). The van der Waals surface area contributed by atoms with Crippen LogP contribution in [0.25, 0.3) is 0 Å². The van der Waals surface area contributed by atoms with Gasteiger partial charge in [-0.25, -0.2) is 0 Å². The van der Waals surface area contributed by atoms with Gasteiger partial charge in [0, 0.05) is 0 Å². The summed E-state index contributed by atoms with van der Waals surface area (Å²) in [6, 6.07) is 6.07. The van der Waals surface area contributed by atoms with E-state index in [-0.39, 0.29) is 11.8 Å². The topological polar surface area (TPSA) is 37.3 Å². The van der Waals surface area contributed by atoms with Crippen molar-refractivity contribution in [2.45, 2.75) is 39.5 Å². The van der Waals surface area contributed by atoms with E-state index >= 15 is 0 Å². The first-order valence-electron chi connectivity index (χ1n) is 5.12. The van der Waals surface area contributed by atoms with Crippen molar-refractivity contribution in [1.82, 2.24) is 0 Å². The van der Waals surface area contributed by atoms with Crippen molar-refractivity contribution in [3.8, 4) is 0 Å². The molecule has 0 fully saturated rings. The lowest BCUT2D eigenvalue weighted by Crippen LogP contribution is -2.12. The molecule has 0 aromatic heterocycles.